The summed E-state index contributed by atoms with van der Waals surface area (Å²) in [5, 5.41) is 2.87. The van der Waals surface area contributed by atoms with Gasteiger partial charge in [-0.25, -0.2) is 13.2 Å². The number of benzene rings is 1. The average Bonchev–Trinajstić information content (AvgIpc) is 3.08. The largest absolute Gasteiger partial charge is 0.449 e. The molecular formula is C23H34N2O5S. The fraction of sp³-hybridized carbons (Fsp3) is 0.652. The lowest BCUT2D eigenvalue weighted by molar-refractivity contribution is -0.129. The number of carbonyl (C=O) groups is 2. The van der Waals surface area contributed by atoms with E-state index in [1.54, 1.807) is 0 Å². The van der Waals surface area contributed by atoms with Crippen LogP contribution in [0, 0.1) is 5.92 Å². The number of rotatable bonds is 7. The Morgan fingerprint density at radius 2 is 1.71 bits per heavy atom. The van der Waals surface area contributed by atoms with Crippen LogP contribution in [-0.2, 0) is 19.6 Å². The molecule has 1 amide bonds. The van der Waals surface area contributed by atoms with Gasteiger partial charge in [-0.3, -0.25) is 4.79 Å². The molecular weight excluding hydrogens is 416 g/mol. The first-order valence-corrected chi connectivity index (χ1v) is 12.9. The van der Waals surface area contributed by atoms with E-state index in [9.17, 15) is 18.0 Å². The molecule has 0 radical (unpaired) electrons. The highest BCUT2D eigenvalue weighted by Crippen LogP contribution is 2.23. The molecule has 1 aromatic rings. The summed E-state index contributed by atoms with van der Waals surface area (Å²) in [6.07, 6.45) is 8.68. The topological polar surface area (TPSA) is 92.8 Å². The Kier molecular flexibility index (Phi) is 8.49. The third kappa shape index (κ3) is 6.53. The number of ether oxygens (including phenoxy) is 1. The molecule has 0 spiro atoms. The minimum atomic E-state index is -3.66. The summed E-state index contributed by atoms with van der Waals surface area (Å²) < 4.78 is 32.8. The van der Waals surface area contributed by atoms with Crippen LogP contribution >= 0.6 is 0 Å². The summed E-state index contributed by atoms with van der Waals surface area (Å²) in [6.45, 7) is 3.13. The minimum absolute atomic E-state index is 0.0817. The molecule has 1 atom stereocenters. The SMILES string of the molecule is C[C@H](OC(=O)c1cccc(S(=O)(=O)N2CCCCCC2)c1)C(=O)NCC1CCCCC1. The lowest BCUT2D eigenvalue weighted by Crippen LogP contribution is -2.38. The van der Waals surface area contributed by atoms with Crippen molar-refractivity contribution in [1.29, 1.82) is 0 Å². The van der Waals surface area contributed by atoms with Gasteiger partial charge in [-0.1, -0.05) is 38.2 Å². The van der Waals surface area contributed by atoms with Crippen molar-refractivity contribution in [3.8, 4) is 0 Å². The van der Waals surface area contributed by atoms with Crippen molar-refractivity contribution in [2.24, 2.45) is 5.92 Å². The predicted octanol–water partition coefficient (Wildman–Crippen LogP) is 3.49. The van der Waals surface area contributed by atoms with Gasteiger partial charge in [-0.15, -0.1) is 0 Å². The molecule has 7 nitrogen and oxygen atoms in total. The van der Waals surface area contributed by atoms with E-state index in [1.807, 2.05) is 0 Å². The van der Waals surface area contributed by atoms with E-state index in [-0.39, 0.29) is 16.4 Å². The maximum absolute atomic E-state index is 13.0. The molecule has 8 heteroatoms. The van der Waals surface area contributed by atoms with Gasteiger partial charge in [-0.05, 0) is 56.7 Å². The van der Waals surface area contributed by atoms with Gasteiger partial charge >= 0.3 is 5.97 Å². The lowest BCUT2D eigenvalue weighted by atomic mass is 9.89. The quantitative estimate of drug-likeness (QED) is 0.642. The van der Waals surface area contributed by atoms with Crippen LogP contribution < -0.4 is 5.32 Å². The van der Waals surface area contributed by atoms with Gasteiger partial charge in [0.25, 0.3) is 5.91 Å². The van der Waals surface area contributed by atoms with Gasteiger partial charge < -0.3 is 10.1 Å². The molecule has 31 heavy (non-hydrogen) atoms. The van der Waals surface area contributed by atoms with Crippen molar-refractivity contribution in [1.82, 2.24) is 9.62 Å². The van der Waals surface area contributed by atoms with Gasteiger partial charge in [0.15, 0.2) is 6.10 Å². The maximum Gasteiger partial charge on any atom is 0.338 e. The molecule has 0 unspecified atom stereocenters. The van der Waals surface area contributed by atoms with Crippen molar-refractivity contribution in [3.63, 3.8) is 0 Å². The Morgan fingerprint density at radius 3 is 2.39 bits per heavy atom. The van der Waals surface area contributed by atoms with Gasteiger partial charge in [0.1, 0.15) is 0 Å². The number of esters is 1. The number of carbonyl (C=O) groups excluding carboxylic acids is 2. The summed E-state index contributed by atoms with van der Waals surface area (Å²) >= 11 is 0. The second-order valence-electron chi connectivity index (χ2n) is 8.64. The number of hydrogen-bond donors (Lipinski definition) is 1. The minimum Gasteiger partial charge on any atom is -0.449 e. The average molecular weight is 451 g/mol. The van der Waals surface area contributed by atoms with Gasteiger partial charge in [-0.2, -0.15) is 4.31 Å². The van der Waals surface area contributed by atoms with E-state index in [4.69, 9.17) is 4.74 Å². The third-order valence-corrected chi connectivity index (χ3v) is 8.11. The Morgan fingerprint density at radius 1 is 1.06 bits per heavy atom. The van der Waals surface area contributed by atoms with Gasteiger partial charge in [0.05, 0.1) is 10.5 Å². The molecule has 2 fully saturated rings. The third-order valence-electron chi connectivity index (χ3n) is 6.22. The first-order valence-electron chi connectivity index (χ1n) is 11.5. The Labute approximate surface area is 185 Å². The zero-order valence-corrected chi connectivity index (χ0v) is 19.2. The number of sulfonamides is 1. The summed E-state index contributed by atoms with van der Waals surface area (Å²) in [5.41, 5.74) is 0.128. The second kappa shape index (κ2) is 11.1. The first kappa shape index (κ1) is 23.7. The molecule has 172 valence electrons. The molecule has 1 aliphatic carbocycles. The van der Waals surface area contributed by atoms with Crippen molar-refractivity contribution in [2.45, 2.75) is 75.7 Å². The van der Waals surface area contributed by atoms with Gasteiger partial charge in [0, 0.05) is 19.6 Å². The number of amides is 1. The van der Waals surface area contributed by atoms with Crippen molar-refractivity contribution in [2.75, 3.05) is 19.6 Å². The molecule has 1 N–H and O–H groups in total. The van der Waals surface area contributed by atoms with E-state index >= 15 is 0 Å². The van der Waals surface area contributed by atoms with Crippen molar-refractivity contribution >= 4 is 21.9 Å². The van der Waals surface area contributed by atoms with E-state index in [0.29, 0.717) is 25.6 Å². The van der Waals surface area contributed by atoms with E-state index in [2.05, 4.69) is 5.32 Å². The molecule has 2 aliphatic rings. The van der Waals surface area contributed by atoms with Crippen LogP contribution in [0.1, 0.15) is 75.1 Å². The molecule has 3 rings (SSSR count). The maximum atomic E-state index is 13.0. The zero-order valence-electron chi connectivity index (χ0n) is 18.3. The first-order chi connectivity index (χ1) is 14.9. The molecule has 1 aliphatic heterocycles. The fourth-order valence-electron chi connectivity index (χ4n) is 4.28. The highest BCUT2D eigenvalue weighted by molar-refractivity contribution is 7.89. The smallest absolute Gasteiger partial charge is 0.338 e. The van der Waals surface area contributed by atoms with Crippen LogP contribution in [0.25, 0.3) is 0 Å². The Balaban J connectivity index is 1.59. The standard InChI is InChI=1S/C23H34N2O5S/c1-18(22(26)24-17-19-10-5-4-6-11-19)30-23(27)20-12-9-13-21(16-20)31(28,29)25-14-7-2-3-8-15-25/h9,12-13,16,18-19H,2-8,10-11,14-15,17H2,1H3,(H,24,26)/t18-/m0/s1. The molecule has 0 bridgehead atoms. The van der Waals surface area contributed by atoms with Crippen LogP contribution in [-0.4, -0.2) is 50.3 Å². The second-order valence-corrected chi connectivity index (χ2v) is 10.6. The summed E-state index contributed by atoms with van der Waals surface area (Å²) in [5.74, 6) is -0.540. The number of nitrogens with one attached hydrogen (secondary N) is 1. The molecule has 1 saturated heterocycles. The van der Waals surface area contributed by atoms with Crippen LogP contribution in [0.4, 0.5) is 0 Å². The number of hydrogen-bond acceptors (Lipinski definition) is 5. The molecule has 0 aromatic heterocycles. The highest BCUT2D eigenvalue weighted by atomic mass is 32.2. The van der Waals surface area contributed by atoms with Crippen molar-refractivity contribution < 1.29 is 22.7 Å². The van der Waals surface area contributed by atoms with E-state index in [0.717, 1.165) is 38.5 Å². The highest BCUT2D eigenvalue weighted by Gasteiger charge is 2.27. The monoisotopic (exact) mass is 450 g/mol. The molecule has 1 aromatic carbocycles. The van der Waals surface area contributed by atoms with E-state index < -0.39 is 22.1 Å². The Bertz CT molecular complexity index is 856. The van der Waals surface area contributed by atoms with Crippen LogP contribution in [0.3, 0.4) is 0 Å². The van der Waals surface area contributed by atoms with Crippen LogP contribution in [0.2, 0.25) is 0 Å². The summed E-state index contributed by atoms with van der Waals surface area (Å²) in [7, 11) is -3.66. The summed E-state index contributed by atoms with van der Waals surface area (Å²) in [4.78, 5) is 25.0. The molecule has 1 saturated carbocycles. The molecule has 1 heterocycles. The Hall–Kier alpha value is -1.93. The number of nitrogens with zero attached hydrogens (tertiary/aromatic N) is 1. The van der Waals surface area contributed by atoms with Crippen LogP contribution in [0.15, 0.2) is 29.2 Å². The van der Waals surface area contributed by atoms with Crippen LogP contribution in [0.5, 0.6) is 0 Å². The summed E-state index contributed by atoms with van der Waals surface area (Å²) in [6, 6.07) is 5.89. The van der Waals surface area contributed by atoms with Gasteiger partial charge in [0.2, 0.25) is 10.0 Å². The zero-order chi connectivity index (χ0) is 22.3. The van der Waals surface area contributed by atoms with E-state index in [1.165, 1.54) is 54.8 Å². The fourth-order valence-corrected chi connectivity index (χ4v) is 5.84. The normalized spacial score (nSPS) is 19.9. The van der Waals surface area contributed by atoms with Crippen molar-refractivity contribution in [3.05, 3.63) is 29.8 Å². The predicted molar refractivity (Wildman–Crippen MR) is 118 cm³/mol. The lowest BCUT2D eigenvalue weighted by Gasteiger charge is -2.22.